The van der Waals surface area contributed by atoms with Gasteiger partial charge in [0.2, 0.25) is 11.8 Å². The lowest BCUT2D eigenvalue weighted by atomic mass is 10.0. The lowest BCUT2D eigenvalue weighted by Gasteiger charge is -2.34. The summed E-state index contributed by atoms with van der Waals surface area (Å²) in [6, 6.07) is 20.4. The number of aromatic nitrogens is 1. The summed E-state index contributed by atoms with van der Waals surface area (Å²) in [6.07, 6.45) is 3.51. The number of aromatic hydroxyl groups is 1. The van der Waals surface area contributed by atoms with Crippen LogP contribution < -0.4 is 10.6 Å². The SMILES string of the molecule is C=CCN(C(=O)NCc1ccccc1)N1CCN(Cc2ccccn2)C(=O)[C@H](Cc2ccc(O)cc2)NC(=O)C1. The van der Waals surface area contributed by atoms with Gasteiger partial charge in [-0.15, -0.1) is 6.58 Å². The zero-order valence-corrected chi connectivity index (χ0v) is 22.3. The van der Waals surface area contributed by atoms with Gasteiger partial charge < -0.3 is 20.6 Å². The second-order valence-corrected chi connectivity index (χ2v) is 9.47. The van der Waals surface area contributed by atoms with E-state index >= 15 is 0 Å². The lowest BCUT2D eigenvalue weighted by molar-refractivity contribution is -0.136. The van der Waals surface area contributed by atoms with E-state index in [4.69, 9.17) is 0 Å². The van der Waals surface area contributed by atoms with E-state index in [2.05, 4.69) is 22.2 Å². The highest BCUT2D eigenvalue weighted by atomic mass is 16.3. The first kappa shape index (κ1) is 28.3. The predicted octanol–water partition coefficient (Wildman–Crippen LogP) is 2.47. The number of amides is 4. The summed E-state index contributed by atoms with van der Waals surface area (Å²) in [6.45, 7) is 4.92. The van der Waals surface area contributed by atoms with E-state index in [0.29, 0.717) is 12.2 Å². The van der Waals surface area contributed by atoms with Crippen molar-refractivity contribution in [2.24, 2.45) is 0 Å². The molecule has 3 N–H and O–H groups in total. The summed E-state index contributed by atoms with van der Waals surface area (Å²) in [5.41, 5.74) is 2.44. The van der Waals surface area contributed by atoms with Crippen molar-refractivity contribution in [2.45, 2.75) is 25.6 Å². The number of carbonyl (C=O) groups excluding carboxylic acids is 3. The van der Waals surface area contributed by atoms with Crippen LogP contribution in [0.15, 0.2) is 91.6 Å². The average molecular weight is 543 g/mol. The van der Waals surface area contributed by atoms with Crippen molar-refractivity contribution in [1.82, 2.24) is 30.5 Å². The number of benzene rings is 2. The van der Waals surface area contributed by atoms with Crippen molar-refractivity contribution in [3.8, 4) is 5.75 Å². The van der Waals surface area contributed by atoms with E-state index in [9.17, 15) is 19.5 Å². The summed E-state index contributed by atoms with van der Waals surface area (Å²) in [5, 5.41) is 18.5. The van der Waals surface area contributed by atoms with E-state index in [-0.39, 0.29) is 62.7 Å². The predicted molar refractivity (Wildman–Crippen MR) is 151 cm³/mol. The molecular weight excluding hydrogens is 508 g/mol. The van der Waals surface area contributed by atoms with Crippen LogP contribution in [0.1, 0.15) is 16.8 Å². The lowest BCUT2D eigenvalue weighted by Crippen LogP contribution is -2.54. The number of pyridine rings is 1. The van der Waals surface area contributed by atoms with Gasteiger partial charge in [0, 0.05) is 32.3 Å². The van der Waals surface area contributed by atoms with E-state index < -0.39 is 6.04 Å². The third-order valence-corrected chi connectivity index (χ3v) is 6.52. The maximum absolute atomic E-state index is 13.8. The van der Waals surface area contributed by atoms with Crippen molar-refractivity contribution in [1.29, 1.82) is 0 Å². The van der Waals surface area contributed by atoms with Gasteiger partial charge in [-0.05, 0) is 35.4 Å². The van der Waals surface area contributed by atoms with Gasteiger partial charge in [-0.3, -0.25) is 19.6 Å². The number of nitrogens with one attached hydrogen (secondary N) is 2. The monoisotopic (exact) mass is 542 g/mol. The zero-order valence-electron chi connectivity index (χ0n) is 22.3. The summed E-state index contributed by atoms with van der Waals surface area (Å²) >= 11 is 0. The van der Waals surface area contributed by atoms with Crippen molar-refractivity contribution >= 4 is 17.8 Å². The number of carbonyl (C=O) groups is 3. The molecule has 4 rings (SSSR count). The largest absolute Gasteiger partial charge is 0.508 e. The fraction of sp³-hybridized carbons (Fsp3) is 0.267. The topological polar surface area (TPSA) is 118 Å². The van der Waals surface area contributed by atoms with Crippen LogP contribution in [-0.4, -0.2) is 75.1 Å². The Labute approximate surface area is 233 Å². The number of urea groups is 1. The normalized spacial score (nSPS) is 16.3. The molecule has 0 saturated carbocycles. The van der Waals surface area contributed by atoms with Crippen LogP contribution in [-0.2, 0) is 29.1 Å². The molecule has 1 aliphatic rings. The fourth-order valence-electron chi connectivity index (χ4n) is 4.48. The molecule has 208 valence electrons. The Morgan fingerprint density at radius 3 is 2.50 bits per heavy atom. The molecule has 1 aliphatic heterocycles. The summed E-state index contributed by atoms with van der Waals surface area (Å²) in [7, 11) is 0. The van der Waals surface area contributed by atoms with Gasteiger partial charge in [0.25, 0.3) is 0 Å². The van der Waals surface area contributed by atoms with Crippen molar-refractivity contribution in [2.75, 3.05) is 26.2 Å². The standard InChI is InChI=1S/C30H34N6O4/c1-2-16-36(30(40)32-20-24-8-4-3-5-9-24)35-18-17-34(21-25-10-6-7-15-31-25)29(39)27(33-28(38)22-35)19-23-11-13-26(37)14-12-23/h2-15,27,37H,1,16-22H2,(H,32,40)(H,33,38)/t27-/m0/s1. The molecular formula is C30H34N6O4. The molecule has 1 saturated heterocycles. The van der Waals surface area contributed by atoms with Crippen molar-refractivity contribution in [3.63, 3.8) is 0 Å². The molecule has 0 aliphatic carbocycles. The number of hydrazine groups is 1. The second-order valence-electron chi connectivity index (χ2n) is 9.47. The molecule has 1 atom stereocenters. The van der Waals surface area contributed by atoms with Gasteiger partial charge >= 0.3 is 6.03 Å². The Morgan fingerprint density at radius 1 is 1.05 bits per heavy atom. The third-order valence-electron chi connectivity index (χ3n) is 6.52. The molecule has 0 bridgehead atoms. The molecule has 40 heavy (non-hydrogen) atoms. The first-order valence-electron chi connectivity index (χ1n) is 13.1. The van der Waals surface area contributed by atoms with Gasteiger partial charge in [0.1, 0.15) is 11.8 Å². The molecule has 0 unspecified atom stereocenters. The Bertz CT molecular complexity index is 1290. The third kappa shape index (κ3) is 7.90. The van der Waals surface area contributed by atoms with Gasteiger partial charge in [0.15, 0.2) is 0 Å². The molecule has 0 spiro atoms. The van der Waals surface area contributed by atoms with Crippen LogP contribution in [0.4, 0.5) is 4.79 Å². The Kier molecular flexibility index (Phi) is 9.84. The highest BCUT2D eigenvalue weighted by molar-refractivity contribution is 5.89. The van der Waals surface area contributed by atoms with Crippen molar-refractivity contribution in [3.05, 3.63) is 108 Å². The number of hydrogen-bond acceptors (Lipinski definition) is 6. The Hall–Kier alpha value is -4.70. The van der Waals surface area contributed by atoms with Crippen LogP contribution in [0.3, 0.4) is 0 Å². The first-order valence-corrected chi connectivity index (χ1v) is 13.1. The summed E-state index contributed by atoms with van der Waals surface area (Å²) < 4.78 is 0. The number of nitrogens with zero attached hydrogens (tertiary/aromatic N) is 4. The maximum atomic E-state index is 13.8. The number of hydrogen-bond donors (Lipinski definition) is 3. The molecule has 0 radical (unpaired) electrons. The first-order chi connectivity index (χ1) is 19.4. The minimum absolute atomic E-state index is 0.119. The van der Waals surface area contributed by atoms with Gasteiger partial charge in [-0.1, -0.05) is 54.6 Å². The highest BCUT2D eigenvalue weighted by Crippen LogP contribution is 2.15. The number of phenols is 1. The molecule has 2 heterocycles. The molecule has 1 aromatic heterocycles. The van der Waals surface area contributed by atoms with Gasteiger partial charge in [0.05, 0.1) is 25.3 Å². The van der Waals surface area contributed by atoms with E-state index in [1.807, 2.05) is 42.5 Å². The summed E-state index contributed by atoms with van der Waals surface area (Å²) in [5.74, 6) is -0.520. The fourth-order valence-corrected chi connectivity index (χ4v) is 4.48. The van der Waals surface area contributed by atoms with Gasteiger partial charge in [-0.25, -0.2) is 9.80 Å². The quantitative estimate of drug-likeness (QED) is 0.358. The van der Waals surface area contributed by atoms with Crippen LogP contribution in [0.5, 0.6) is 5.75 Å². The van der Waals surface area contributed by atoms with Gasteiger partial charge in [-0.2, -0.15) is 0 Å². The highest BCUT2D eigenvalue weighted by Gasteiger charge is 2.32. The second kappa shape index (κ2) is 13.9. The minimum atomic E-state index is -0.833. The maximum Gasteiger partial charge on any atom is 0.332 e. The van der Waals surface area contributed by atoms with Crippen LogP contribution in [0.25, 0.3) is 0 Å². The smallest absolute Gasteiger partial charge is 0.332 e. The Balaban J connectivity index is 1.56. The van der Waals surface area contributed by atoms with Crippen LogP contribution in [0, 0.1) is 0 Å². The molecule has 1 fully saturated rings. The number of rotatable bonds is 9. The molecule has 10 nitrogen and oxygen atoms in total. The Morgan fingerprint density at radius 2 is 1.80 bits per heavy atom. The van der Waals surface area contributed by atoms with E-state index in [1.54, 1.807) is 52.5 Å². The van der Waals surface area contributed by atoms with E-state index in [1.165, 1.54) is 5.01 Å². The van der Waals surface area contributed by atoms with Crippen LogP contribution >= 0.6 is 0 Å². The zero-order chi connectivity index (χ0) is 28.3. The molecule has 10 heteroatoms. The molecule has 3 aromatic rings. The average Bonchev–Trinajstić information content (AvgIpc) is 3.02. The summed E-state index contributed by atoms with van der Waals surface area (Å²) in [4.78, 5) is 46.3. The van der Waals surface area contributed by atoms with Crippen LogP contribution in [0.2, 0.25) is 0 Å². The van der Waals surface area contributed by atoms with E-state index in [0.717, 1.165) is 11.1 Å². The van der Waals surface area contributed by atoms with Crippen molar-refractivity contribution < 1.29 is 19.5 Å². The molecule has 4 amide bonds. The number of phenolic OH excluding ortho intramolecular Hbond substituents is 1. The molecule has 2 aromatic carbocycles. The minimum Gasteiger partial charge on any atom is -0.508 e.